The Balaban J connectivity index is 0.000000771. The van der Waals surface area contributed by atoms with Crippen molar-refractivity contribution in [1.29, 1.82) is 0 Å². The van der Waals surface area contributed by atoms with E-state index in [9.17, 15) is 13.9 Å². The SMILES string of the molecule is C#Cc1c(F)c(F)cc2cc(O)cc(C)c12.CC. The molecule has 0 unspecified atom stereocenters. The Bertz CT molecular complexity index is 625. The zero-order valence-electron chi connectivity index (χ0n) is 10.5. The number of terminal acetylenes is 1. The molecule has 0 aliphatic carbocycles. The molecule has 0 atom stereocenters. The summed E-state index contributed by atoms with van der Waals surface area (Å²) in [7, 11) is 0. The van der Waals surface area contributed by atoms with Gasteiger partial charge in [-0.25, -0.2) is 8.78 Å². The molecule has 0 aliphatic heterocycles. The minimum absolute atomic E-state index is 0.000945. The number of hydrogen-bond donors (Lipinski definition) is 1. The molecule has 0 heterocycles. The first-order chi connectivity index (χ1) is 8.54. The number of rotatable bonds is 0. The van der Waals surface area contributed by atoms with Gasteiger partial charge in [-0.1, -0.05) is 19.8 Å². The van der Waals surface area contributed by atoms with Crippen LogP contribution in [-0.4, -0.2) is 5.11 Å². The van der Waals surface area contributed by atoms with E-state index in [0.29, 0.717) is 16.3 Å². The third-order valence-corrected chi connectivity index (χ3v) is 2.46. The zero-order chi connectivity index (χ0) is 13.9. The van der Waals surface area contributed by atoms with Crippen molar-refractivity contribution in [3.8, 4) is 18.1 Å². The molecule has 0 spiro atoms. The van der Waals surface area contributed by atoms with Crippen molar-refractivity contribution in [2.24, 2.45) is 0 Å². The lowest BCUT2D eigenvalue weighted by Gasteiger charge is -2.07. The highest BCUT2D eigenvalue weighted by molar-refractivity contribution is 5.92. The maximum Gasteiger partial charge on any atom is 0.175 e. The van der Waals surface area contributed by atoms with E-state index in [1.165, 1.54) is 12.1 Å². The van der Waals surface area contributed by atoms with E-state index in [0.717, 1.165) is 6.07 Å². The third-order valence-electron chi connectivity index (χ3n) is 2.46. The van der Waals surface area contributed by atoms with E-state index < -0.39 is 11.6 Å². The fourth-order valence-corrected chi connectivity index (χ4v) is 1.81. The normalized spacial score (nSPS) is 9.56. The second-order valence-corrected chi connectivity index (χ2v) is 3.55. The van der Waals surface area contributed by atoms with Crippen LogP contribution in [0.2, 0.25) is 0 Å². The second-order valence-electron chi connectivity index (χ2n) is 3.55. The van der Waals surface area contributed by atoms with Gasteiger partial charge in [0.2, 0.25) is 0 Å². The Labute approximate surface area is 105 Å². The van der Waals surface area contributed by atoms with Gasteiger partial charge in [0.1, 0.15) is 5.75 Å². The first kappa shape index (κ1) is 14.0. The standard InChI is InChI=1S/C13H8F2O.C2H6/c1-3-10-12-7(2)4-9(16)5-8(12)6-11(14)13(10)15;1-2/h1,4-6,16H,2H3;1-2H3. The van der Waals surface area contributed by atoms with Gasteiger partial charge in [0.25, 0.3) is 0 Å². The number of halogens is 2. The summed E-state index contributed by atoms with van der Waals surface area (Å²) >= 11 is 0. The Morgan fingerprint density at radius 2 is 1.78 bits per heavy atom. The maximum atomic E-state index is 13.4. The van der Waals surface area contributed by atoms with Crippen LogP contribution in [0.25, 0.3) is 10.8 Å². The minimum Gasteiger partial charge on any atom is -0.508 e. The van der Waals surface area contributed by atoms with Gasteiger partial charge >= 0.3 is 0 Å². The van der Waals surface area contributed by atoms with Gasteiger partial charge in [-0.3, -0.25) is 0 Å². The summed E-state index contributed by atoms with van der Waals surface area (Å²) in [5.41, 5.74) is 0.509. The molecule has 1 N–H and O–H groups in total. The molecule has 0 aliphatic rings. The number of phenols is 1. The molecule has 0 saturated heterocycles. The summed E-state index contributed by atoms with van der Waals surface area (Å²) in [5, 5.41) is 10.2. The molecule has 0 saturated carbocycles. The topological polar surface area (TPSA) is 20.2 Å². The van der Waals surface area contributed by atoms with E-state index in [-0.39, 0.29) is 11.3 Å². The van der Waals surface area contributed by atoms with E-state index >= 15 is 0 Å². The highest BCUT2D eigenvalue weighted by Crippen LogP contribution is 2.29. The largest absolute Gasteiger partial charge is 0.508 e. The lowest BCUT2D eigenvalue weighted by Crippen LogP contribution is -1.94. The van der Waals surface area contributed by atoms with Crippen molar-refractivity contribution < 1.29 is 13.9 Å². The van der Waals surface area contributed by atoms with E-state index in [1.54, 1.807) is 6.92 Å². The lowest BCUT2D eigenvalue weighted by molar-refractivity contribution is 0.475. The van der Waals surface area contributed by atoms with Gasteiger partial charge in [0.15, 0.2) is 11.6 Å². The maximum absolute atomic E-state index is 13.4. The molecule has 94 valence electrons. The molecule has 0 bridgehead atoms. The Morgan fingerprint density at radius 1 is 1.17 bits per heavy atom. The number of phenolic OH excluding ortho intramolecular Hbond substituents is 1. The highest BCUT2D eigenvalue weighted by atomic mass is 19.2. The Hall–Kier alpha value is -2.08. The fraction of sp³-hybridized carbons (Fsp3) is 0.200. The van der Waals surface area contributed by atoms with Crippen molar-refractivity contribution >= 4 is 10.8 Å². The molecule has 1 nitrogen and oxygen atoms in total. The van der Waals surface area contributed by atoms with Gasteiger partial charge in [0, 0.05) is 5.39 Å². The van der Waals surface area contributed by atoms with Crippen molar-refractivity contribution in [3.05, 3.63) is 41.0 Å². The van der Waals surface area contributed by atoms with Crippen LogP contribution in [0.15, 0.2) is 18.2 Å². The van der Waals surface area contributed by atoms with Crippen LogP contribution in [0.1, 0.15) is 25.0 Å². The average Bonchev–Trinajstić information content (AvgIpc) is 2.34. The molecule has 0 fully saturated rings. The summed E-state index contributed by atoms with van der Waals surface area (Å²) in [6.45, 7) is 5.68. The van der Waals surface area contributed by atoms with Gasteiger partial charge in [-0.2, -0.15) is 0 Å². The zero-order valence-corrected chi connectivity index (χ0v) is 10.5. The van der Waals surface area contributed by atoms with Crippen LogP contribution < -0.4 is 0 Å². The molecule has 2 rings (SSSR count). The number of aryl methyl sites for hydroxylation is 1. The number of hydrogen-bond acceptors (Lipinski definition) is 1. The van der Waals surface area contributed by atoms with Crippen LogP contribution in [-0.2, 0) is 0 Å². The van der Waals surface area contributed by atoms with Gasteiger partial charge in [-0.05, 0) is 36.1 Å². The van der Waals surface area contributed by atoms with Crippen molar-refractivity contribution in [1.82, 2.24) is 0 Å². The van der Waals surface area contributed by atoms with E-state index in [2.05, 4.69) is 5.92 Å². The fourth-order valence-electron chi connectivity index (χ4n) is 1.81. The monoisotopic (exact) mass is 248 g/mol. The van der Waals surface area contributed by atoms with Gasteiger partial charge in [-0.15, -0.1) is 6.42 Å². The third kappa shape index (κ3) is 2.28. The summed E-state index contributed by atoms with van der Waals surface area (Å²) in [6, 6.07) is 3.84. The van der Waals surface area contributed by atoms with Crippen LogP contribution in [0.3, 0.4) is 0 Å². The average molecular weight is 248 g/mol. The number of aromatic hydroxyl groups is 1. The Morgan fingerprint density at radius 3 is 2.33 bits per heavy atom. The first-order valence-electron chi connectivity index (χ1n) is 5.62. The van der Waals surface area contributed by atoms with Crippen molar-refractivity contribution in [2.45, 2.75) is 20.8 Å². The predicted molar refractivity (Wildman–Crippen MR) is 69.5 cm³/mol. The molecule has 0 radical (unpaired) electrons. The highest BCUT2D eigenvalue weighted by Gasteiger charge is 2.14. The molecule has 0 aromatic heterocycles. The number of fused-ring (bicyclic) bond motifs is 1. The summed E-state index contributed by atoms with van der Waals surface area (Å²) in [4.78, 5) is 0. The van der Waals surface area contributed by atoms with Crippen molar-refractivity contribution in [3.63, 3.8) is 0 Å². The summed E-state index contributed by atoms with van der Waals surface area (Å²) < 4.78 is 26.6. The lowest BCUT2D eigenvalue weighted by atomic mass is 9.99. The predicted octanol–water partition coefficient (Wildman–Crippen LogP) is 4.14. The van der Waals surface area contributed by atoms with Crippen LogP contribution >= 0.6 is 0 Å². The molecule has 2 aromatic rings. The molecule has 0 amide bonds. The van der Waals surface area contributed by atoms with Crippen LogP contribution in [0.4, 0.5) is 8.78 Å². The van der Waals surface area contributed by atoms with Gasteiger partial charge in [0.05, 0.1) is 5.56 Å². The number of benzene rings is 2. The molecular weight excluding hydrogens is 234 g/mol. The minimum atomic E-state index is -1.02. The quantitative estimate of drug-likeness (QED) is 0.695. The van der Waals surface area contributed by atoms with E-state index in [4.69, 9.17) is 6.42 Å². The molecule has 3 heteroatoms. The van der Waals surface area contributed by atoms with Crippen LogP contribution in [0.5, 0.6) is 5.75 Å². The van der Waals surface area contributed by atoms with Gasteiger partial charge < -0.3 is 5.11 Å². The summed E-state index contributed by atoms with van der Waals surface area (Å²) in [5.74, 6) is 0.109. The molecule has 2 aromatic carbocycles. The molecular formula is C15H14F2O. The van der Waals surface area contributed by atoms with Crippen molar-refractivity contribution in [2.75, 3.05) is 0 Å². The first-order valence-corrected chi connectivity index (χ1v) is 5.62. The Kier molecular flexibility index (Phi) is 4.28. The van der Waals surface area contributed by atoms with Crippen LogP contribution in [0, 0.1) is 30.9 Å². The van der Waals surface area contributed by atoms with E-state index in [1.807, 2.05) is 13.8 Å². The second kappa shape index (κ2) is 5.50. The smallest absolute Gasteiger partial charge is 0.175 e. The molecule has 18 heavy (non-hydrogen) atoms. The summed E-state index contributed by atoms with van der Waals surface area (Å²) in [6.07, 6.45) is 5.17.